The average molecular weight is 261 g/mol. The summed E-state index contributed by atoms with van der Waals surface area (Å²) in [5.41, 5.74) is 2.66. The number of hydrogen-bond donors (Lipinski definition) is 1. The van der Waals surface area contributed by atoms with E-state index in [2.05, 4.69) is 4.98 Å². The Kier molecular flexibility index (Phi) is 3.55. The van der Waals surface area contributed by atoms with Gasteiger partial charge in [-0.25, -0.2) is 4.79 Å². The Morgan fingerprint density at radius 1 is 1.42 bits per heavy atom. The maximum Gasteiger partial charge on any atom is 0.362 e. The molecule has 0 amide bonds. The first-order chi connectivity index (χ1) is 9.02. The zero-order valence-electron chi connectivity index (χ0n) is 11.1. The lowest BCUT2D eigenvalue weighted by atomic mass is 10.1. The van der Waals surface area contributed by atoms with E-state index < -0.39 is 5.97 Å². The molecule has 19 heavy (non-hydrogen) atoms. The highest BCUT2D eigenvalue weighted by atomic mass is 16.6. The second kappa shape index (κ2) is 5.14. The Morgan fingerprint density at radius 3 is 2.74 bits per heavy atom. The van der Waals surface area contributed by atoms with Gasteiger partial charge in [-0.15, -0.1) is 0 Å². The predicted molar refractivity (Wildman–Crippen MR) is 69.5 cm³/mol. The molecule has 2 aromatic rings. The molecule has 1 aromatic carbocycles. The molecule has 0 unspecified atom stereocenters. The van der Waals surface area contributed by atoms with Crippen LogP contribution in [0.25, 0.3) is 11.5 Å². The summed E-state index contributed by atoms with van der Waals surface area (Å²) in [5.74, 6) is -0.952. The van der Waals surface area contributed by atoms with E-state index in [1.165, 1.54) is 0 Å². The van der Waals surface area contributed by atoms with Crippen LogP contribution in [-0.2, 0) is 0 Å². The Hall–Kier alpha value is -2.30. The van der Waals surface area contributed by atoms with Crippen molar-refractivity contribution in [1.82, 2.24) is 4.98 Å². The van der Waals surface area contributed by atoms with Gasteiger partial charge in [0, 0.05) is 5.56 Å². The number of aromatic carboxylic acids is 1. The van der Waals surface area contributed by atoms with E-state index in [0.717, 1.165) is 16.7 Å². The fraction of sp³-hybridized carbons (Fsp3) is 0.286. The summed E-state index contributed by atoms with van der Waals surface area (Å²) in [7, 11) is 0. The lowest BCUT2D eigenvalue weighted by molar-refractivity contribution is 0.0683. The number of aryl methyl sites for hydroxylation is 2. The molecule has 0 spiro atoms. The minimum absolute atomic E-state index is 0.0509. The van der Waals surface area contributed by atoms with Crippen molar-refractivity contribution in [3.63, 3.8) is 0 Å². The van der Waals surface area contributed by atoms with Crippen LogP contribution < -0.4 is 4.74 Å². The van der Waals surface area contributed by atoms with Gasteiger partial charge in [0.1, 0.15) is 0 Å². The lowest BCUT2D eigenvalue weighted by Gasteiger charge is -2.02. The highest BCUT2D eigenvalue weighted by molar-refractivity contribution is 5.88. The fourth-order valence-electron chi connectivity index (χ4n) is 1.84. The number of rotatable bonds is 4. The summed E-state index contributed by atoms with van der Waals surface area (Å²) in [4.78, 5) is 15.1. The van der Waals surface area contributed by atoms with Crippen LogP contribution in [0, 0.1) is 13.8 Å². The molecular weight excluding hydrogens is 246 g/mol. The van der Waals surface area contributed by atoms with Crippen molar-refractivity contribution < 1.29 is 19.1 Å². The summed E-state index contributed by atoms with van der Waals surface area (Å²) in [6, 6.07) is 5.77. The Morgan fingerprint density at radius 2 is 2.16 bits per heavy atom. The van der Waals surface area contributed by atoms with Crippen molar-refractivity contribution in [3.8, 4) is 17.4 Å². The summed E-state index contributed by atoms with van der Waals surface area (Å²) in [5, 5.41) is 9.06. The molecule has 100 valence electrons. The third kappa shape index (κ3) is 2.59. The van der Waals surface area contributed by atoms with Crippen LogP contribution in [0.2, 0.25) is 0 Å². The zero-order valence-corrected chi connectivity index (χ0v) is 11.1. The number of carboxylic acid groups (broad SMARTS) is 1. The van der Waals surface area contributed by atoms with Crippen molar-refractivity contribution in [2.45, 2.75) is 20.8 Å². The Labute approximate surface area is 110 Å². The van der Waals surface area contributed by atoms with Gasteiger partial charge in [0.2, 0.25) is 11.6 Å². The normalized spacial score (nSPS) is 10.5. The molecule has 1 heterocycles. The second-order valence-corrected chi connectivity index (χ2v) is 4.21. The predicted octanol–water partition coefficient (Wildman–Crippen LogP) is 3.06. The zero-order chi connectivity index (χ0) is 14.0. The van der Waals surface area contributed by atoms with E-state index >= 15 is 0 Å². The van der Waals surface area contributed by atoms with Crippen molar-refractivity contribution in [1.29, 1.82) is 0 Å². The van der Waals surface area contributed by atoms with Crippen LogP contribution in [0.5, 0.6) is 5.95 Å². The van der Waals surface area contributed by atoms with E-state index in [-0.39, 0.29) is 17.5 Å². The molecule has 0 aliphatic carbocycles. The number of carboxylic acids is 1. The largest absolute Gasteiger partial charge is 0.476 e. The lowest BCUT2D eigenvalue weighted by Crippen LogP contribution is -2.01. The molecule has 0 radical (unpaired) electrons. The molecule has 0 bridgehead atoms. The Bertz CT molecular complexity index is 616. The van der Waals surface area contributed by atoms with Gasteiger partial charge in [0.05, 0.1) is 6.61 Å². The van der Waals surface area contributed by atoms with Gasteiger partial charge in [-0.2, -0.15) is 4.98 Å². The molecule has 0 atom stereocenters. The number of hydrogen-bond acceptors (Lipinski definition) is 4. The van der Waals surface area contributed by atoms with Gasteiger partial charge in [0.25, 0.3) is 0 Å². The van der Waals surface area contributed by atoms with Crippen LogP contribution in [0.4, 0.5) is 0 Å². The van der Waals surface area contributed by atoms with Crippen LogP contribution in [0.3, 0.4) is 0 Å². The van der Waals surface area contributed by atoms with E-state index in [9.17, 15) is 4.79 Å². The van der Waals surface area contributed by atoms with Crippen molar-refractivity contribution >= 4 is 5.97 Å². The third-order valence-electron chi connectivity index (χ3n) is 2.69. The van der Waals surface area contributed by atoms with Crippen LogP contribution in [0.1, 0.15) is 28.5 Å². The van der Waals surface area contributed by atoms with Gasteiger partial charge in [-0.1, -0.05) is 17.7 Å². The van der Waals surface area contributed by atoms with Crippen molar-refractivity contribution in [2.24, 2.45) is 0 Å². The number of aromatic nitrogens is 1. The summed E-state index contributed by atoms with van der Waals surface area (Å²) in [6.07, 6.45) is 0. The molecule has 0 fully saturated rings. The topological polar surface area (TPSA) is 72.6 Å². The number of nitrogens with zero attached hydrogens (tertiary/aromatic N) is 1. The first-order valence-corrected chi connectivity index (χ1v) is 5.97. The molecule has 0 saturated carbocycles. The standard InChI is InChI=1S/C14H15NO4/c1-4-18-14-11(13(16)17)15-12(19-14)10-6-5-8(2)7-9(10)3/h5-7H,4H2,1-3H3,(H,16,17). The van der Waals surface area contributed by atoms with Crippen LogP contribution in [-0.4, -0.2) is 22.7 Å². The van der Waals surface area contributed by atoms with Crippen LogP contribution >= 0.6 is 0 Å². The summed E-state index contributed by atoms with van der Waals surface area (Å²) in [6.45, 7) is 5.99. The quantitative estimate of drug-likeness (QED) is 0.915. The molecule has 0 aliphatic rings. The molecule has 0 aliphatic heterocycles. The molecule has 1 aromatic heterocycles. The minimum atomic E-state index is -1.16. The van der Waals surface area contributed by atoms with E-state index in [4.69, 9.17) is 14.3 Å². The highest BCUT2D eigenvalue weighted by Crippen LogP contribution is 2.29. The molecule has 2 rings (SSSR count). The van der Waals surface area contributed by atoms with E-state index in [1.807, 2.05) is 32.0 Å². The second-order valence-electron chi connectivity index (χ2n) is 4.21. The summed E-state index contributed by atoms with van der Waals surface area (Å²) >= 11 is 0. The van der Waals surface area contributed by atoms with Gasteiger partial charge >= 0.3 is 11.9 Å². The highest BCUT2D eigenvalue weighted by Gasteiger charge is 2.22. The fourth-order valence-corrected chi connectivity index (χ4v) is 1.84. The van der Waals surface area contributed by atoms with Gasteiger partial charge < -0.3 is 14.3 Å². The third-order valence-corrected chi connectivity index (χ3v) is 2.69. The summed E-state index contributed by atoms with van der Waals surface area (Å²) < 4.78 is 10.6. The SMILES string of the molecule is CCOc1oc(-c2ccc(C)cc2C)nc1C(=O)O. The maximum atomic E-state index is 11.1. The first-order valence-electron chi connectivity index (χ1n) is 5.97. The van der Waals surface area contributed by atoms with Gasteiger partial charge in [0.15, 0.2) is 0 Å². The first kappa shape index (κ1) is 13.1. The number of carbonyl (C=O) groups is 1. The minimum Gasteiger partial charge on any atom is -0.476 e. The van der Waals surface area contributed by atoms with Crippen LogP contribution in [0.15, 0.2) is 22.6 Å². The van der Waals surface area contributed by atoms with Gasteiger partial charge in [-0.3, -0.25) is 0 Å². The molecule has 0 saturated heterocycles. The van der Waals surface area contributed by atoms with E-state index in [1.54, 1.807) is 6.92 Å². The maximum absolute atomic E-state index is 11.1. The van der Waals surface area contributed by atoms with Crippen molar-refractivity contribution in [2.75, 3.05) is 6.61 Å². The monoisotopic (exact) mass is 261 g/mol. The number of oxazole rings is 1. The average Bonchev–Trinajstić information content (AvgIpc) is 2.73. The molecular formula is C14H15NO4. The number of benzene rings is 1. The molecule has 1 N–H and O–H groups in total. The molecule has 5 nitrogen and oxygen atoms in total. The smallest absolute Gasteiger partial charge is 0.362 e. The van der Waals surface area contributed by atoms with Gasteiger partial charge in [-0.05, 0) is 32.4 Å². The number of ether oxygens (including phenoxy) is 1. The van der Waals surface area contributed by atoms with E-state index in [0.29, 0.717) is 6.61 Å². The van der Waals surface area contributed by atoms with Crippen molar-refractivity contribution in [3.05, 3.63) is 35.0 Å². The Balaban J connectivity index is 2.50. The molecule has 5 heteroatoms.